The summed E-state index contributed by atoms with van der Waals surface area (Å²) < 4.78 is 5.03. The van der Waals surface area contributed by atoms with E-state index in [-0.39, 0.29) is 24.5 Å². The van der Waals surface area contributed by atoms with Crippen molar-refractivity contribution in [2.45, 2.75) is 64.0 Å². The topological polar surface area (TPSA) is 78.8 Å². The summed E-state index contributed by atoms with van der Waals surface area (Å²) in [6, 6.07) is 0.286. The lowest BCUT2D eigenvalue weighted by Crippen LogP contribution is -2.46. The molecule has 1 rings (SSSR count). The molecule has 1 aliphatic carbocycles. The van der Waals surface area contributed by atoms with Gasteiger partial charge in [0.05, 0.1) is 18.1 Å². The van der Waals surface area contributed by atoms with Crippen LogP contribution in [0.15, 0.2) is 0 Å². The Balaban J connectivity index is 2.29. The zero-order chi connectivity index (χ0) is 15.0. The fraction of sp³-hybridized carbons (Fsp3) is 0.933. The second-order valence-corrected chi connectivity index (χ2v) is 5.90. The molecule has 0 spiro atoms. The Kier molecular flexibility index (Phi) is 7.48. The Labute approximate surface area is 121 Å². The highest BCUT2D eigenvalue weighted by atomic mass is 16.5. The minimum absolute atomic E-state index is 0.0537. The first-order valence-corrected chi connectivity index (χ1v) is 7.74. The van der Waals surface area contributed by atoms with E-state index in [1.54, 1.807) is 0 Å². The Bertz CT molecular complexity index is 288. The van der Waals surface area contributed by atoms with Crippen LogP contribution >= 0.6 is 0 Å². The molecular weight excluding hydrogens is 258 g/mol. The molecule has 5 nitrogen and oxygen atoms in total. The van der Waals surface area contributed by atoms with Crippen molar-refractivity contribution in [3.63, 3.8) is 0 Å². The number of ether oxygens (including phenoxy) is 1. The van der Waals surface area contributed by atoms with E-state index in [1.165, 1.54) is 0 Å². The van der Waals surface area contributed by atoms with Crippen molar-refractivity contribution in [2.24, 2.45) is 5.92 Å². The molecule has 0 amide bonds. The lowest BCUT2D eigenvalue weighted by molar-refractivity contribution is -0.151. The quantitative estimate of drug-likeness (QED) is 0.585. The van der Waals surface area contributed by atoms with Crippen LogP contribution in [0.25, 0.3) is 0 Å². The van der Waals surface area contributed by atoms with Crippen LogP contribution in [-0.2, 0) is 9.53 Å². The van der Waals surface area contributed by atoms with E-state index in [0.29, 0.717) is 38.8 Å². The van der Waals surface area contributed by atoms with Gasteiger partial charge in [0.25, 0.3) is 0 Å². The van der Waals surface area contributed by atoms with E-state index in [1.807, 2.05) is 6.92 Å². The van der Waals surface area contributed by atoms with E-state index in [2.05, 4.69) is 12.2 Å². The van der Waals surface area contributed by atoms with E-state index in [9.17, 15) is 9.90 Å². The van der Waals surface area contributed by atoms with Crippen LogP contribution in [-0.4, -0.2) is 47.6 Å². The summed E-state index contributed by atoms with van der Waals surface area (Å²) in [7, 11) is 0. The van der Waals surface area contributed by atoms with E-state index >= 15 is 0 Å². The van der Waals surface area contributed by atoms with Gasteiger partial charge in [-0.1, -0.05) is 0 Å². The van der Waals surface area contributed by atoms with Crippen LogP contribution in [0.5, 0.6) is 0 Å². The molecule has 0 bridgehead atoms. The largest absolute Gasteiger partial charge is 0.466 e. The van der Waals surface area contributed by atoms with Crippen molar-refractivity contribution >= 4 is 5.97 Å². The van der Waals surface area contributed by atoms with Crippen molar-refractivity contribution in [2.75, 3.05) is 19.8 Å². The predicted octanol–water partition coefficient (Wildman–Crippen LogP) is 1.22. The van der Waals surface area contributed by atoms with Gasteiger partial charge in [-0.15, -0.1) is 0 Å². The molecule has 1 fully saturated rings. The number of rotatable bonds is 8. The van der Waals surface area contributed by atoms with Crippen molar-refractivity contribution in [1.82, 2.24) is 5.32 Å². The fourth-order valence-electron chi connectivity index (χ4n) is 2.69. The summed E-state index contributed by atoms with van der Waals surface area (Å²) in [6.45, 7) is 5.05. The Morgan fingerprint density at radius 1 is 1.45 bits per heavy atom. The number of carbonyl (C=O) groups excluding carboxylic acids is 1. The third-order valence-corrected chi connectivity index (χ3v) is 4.11. The Morgan fingerprint density at radius 3 is 2.65 bits per heavy atom. The van der Waals surface area contributed by atoms with Gasteiger partial charge in [0.15, 0.2) is 0 Å². The molecule has 1 atom stereocenters. The van der Waals surface area contributed by atoms with Gasteiger partial charge in [0.1, 0.15) is 0 Å². The average molecular weight is 287 g/mol. The lowest BCUT2D eigenvalue weighted by atomic mass is 9.78. The smallest absolute Gasteiger partial charge is 0.308 e. The third-order valence-electron chi connectivity index (χ3n) is 4.11. The highest BCUT2D eigenvalue weighted by Crippen LogP contribution is 2.32. The SMILES string of the molecule is CCOC(=O)C1CCC(O)(CNC(C)CCCO)CC1. The molecule has 0 aromatic carbocycles. The molecule has 20 heavy (non-hydrogen) atoms. The van der Waals surface area contributed by atoms with Crippen molar-refractivity contribution in [1.29, 1.82) is 0 Å². The average Bonchev–Trinajstić information content (AvgIpc) is 2.44. The summed E-state index contributed by atoms with van der Waals surface area (Å²) in [6.07, 6.45) is 4.34. The summed E-state index contributed by atoms with van der Waals surface area (Å²) in [5.41, 5.74) is -0.712. The number of carbonyl (C=O) groups is 1. The van der Waals surface area contributed by atoms with Crippen molar-refractivity contribution in [3.05, 3.63) is 0 Å². The van der Waals surface area contributed by atoms with Crippen LogP contribution in [0.1, 0.15) is 52.4 Å². The summed E-state index contributed by atoms with van der Waals surface area (Å²) in [5.74, 6) is -0.180. The molecule has 0 aromatic heterocycles. The van der Waals surface area contributed by atoms with Gasteiger partial charge in [-0.25, -0.2) is 0 Å². The maximum atomic E-state index is 11.7. The third kappa shape index (κ3) is 5.77. The normalized spacial score (nSPS) is 28.1. The Hall–Kier alpha value is -0.650. The van der Waals surface area contributed by atoms with Gasteiger partial charge < -0.3 is 20.3 Å². The second-order valence-electron chi connectivity index (χ2n) is 5.90. The number of aliphatic hydroxyl groups excluding tert-OH is 1. The first-order valence-electron chi connectivity index (χ1n) is 7.74. The molecule has 3 N–H and O–H groups in total. The van der Waals surface area contributed by atoms with Gasteiger partial charge in [-0.3, -0.25) is 4.79 Å². The van der Waals surface area contributed by atoms with Crippen LogP contribution in [0.3, 0.4) is 0 Å². The highest BCUT2D eigenvalue weighted by molar-refractivity contribution is 5.72. The zero-order valence-corrected chi connectivity index (χ0v) is 12.7. The second kappa shape index (κ2) is 8.60. The van der Waals surface area contributed by atoms with Crippen LogP contribution in [0.4, 0.5) is 0 Å². The van der Waals surface area contributed by atoms with E-state index in [4.69, 9.17) is 9.84 Å². The highest BCUT2D eigenvalue weighted by Gasteiger charge is 2.36. The van der Waals surface area contributed by atoms with Crippen molar-refractivity contribution in [3.8, 4) is 0 Å². The van der Waals surface area contributed by atoms with Gasteiger partial charge in [0.2, 0.25) is 0 Å². The Morgan fingerprint density at radius 2 is 2.10 bits per heavy atom. The number of esters is 1. The van der Waals surface area contributed by atoms with Crippen LogP contribution in [0, 0.1) is 5.92 Å². The number of aliphatic hydroxyl groups is 2. The molecule has 0 radical (unpaired) electrons. The number of nitrogens with one attached hydrogen (secondary N) is 1. The summed E-state index contributed by atoms with van der Waals surface area (Å²) >= 11 is 0. The zero-order valence-electron chi connectivity index (χ0n) is 12.7. The maximum Gasteiger partial charge on any atom is 0.308 e. The van der Waals surface area contributed by atoms with Crippen LogP contribution < -0.4 is 5.32 Å². The molecule has 5 heteroatoms. The van der Waals surface area contributed by atoms with Gasteiger partial charge in [-0.2, -0.15) is 0 Å². The van der Waals surface area contributed by atoms with E-state index < -0.39 is 5.60 Å². The van der Waals surface area contributed by atoms with Crippen molar-refractivity contribution < 1.29 is 19.7 Å². The monoisotopic (exact) mass is 287 g/mol. The van der Waals surface area contributed by atoms with Gasteiger partial charge in [0, 0.05) is 19.2 Å². The fourth-order valence-corrected chi connectivity index (χ4v) is 2.69. The van der Waals surface area contributed by atoms with Gasteiger partial charge in [-0.05, 0) is 52.4 Å². The molecule has 1 unspecified atom stereocenters. The molecule has 0 heterocycles. The summed E-state index contributed by atoms with van der Waals surface area (Å²) in [5, 5.41) is 22.6. The van der Waals surface area contributed by atoms with Gasteiger partial charge >= 0.3 is 5.97 Å². The molecule has 1 saturated carbocycles. The molecule has 0 aliphatic heterocycles. The standard InChI is InChI=1S/C15H29NO4/c1-3-20-14(18)13-6-8-15(19,9-7-13)11-16-12(2)5-4-10-17/h12-13,16-17,19H,3-11H2,1-2H3. The molecule has 118 valence electrons. The predicted molar refractivity (Wildman–Crippen MR) is 77.3 cm³/mol. The summed E-state index contributed by atoms with van der Waals surface area (Å²) in [4.78, 5) is 11.7. The molecule has 1 aliphatic rings. The minimum atomic E-state index is -0.712. The van der Waals surface area contributed by atoms with E-state index in [0.717, 1.165) is 12.8 Å². The first kappa shape index (κ1) is 17.4. The molecule has 0 aromatic rings. The maximum absolute atomic E-state index is 11.7. The number of hydrogen-bond acceptors (Lipinski definition) is 5. The number of hydrogen-bond donors (Lipinski definition) is 3. The lowest BCUT2D eigenvalue weighted by Gasteiger charge is -2.36. The minimum Gasteiger partial charge on any atom is -0.466 e. The van der Waals surface area contributed by atoms with Crippen LogP contribution in [0.2, 0.25) is 0 Å². The molecular formula is C15H29NO4. The first-order chi connectivity index (χ1) is 9.50. The molecule has 0 saturated heterocycles.